The predicted octanol–water partition coefficient (Wildman–Crippen LogP) is 3.01. The van der Waals surface area contributed by atoms with Crippen LogP contribution in [0.3, 0.4) is 0 Å². The van der Waals surface area contributed by atoms with E-state index in [0.717, 1.165) is 10.0 Å². The third kappa shape index (κ3) is 3.74. The van der Waals surface area contributed by atoms with Crippen LogP contribution in [-0.2, 0) is 16.4 Å². The standard InChI is InChI=1S/C14H14BrNO3S/c1-20(17,18)13-6-4-12(5-7-13)19-9-10-2-3-11(15)8-14(10)16/h2-8H,9,16H2,1H3. The molecule has 0 unspecified atom stereocenters. The van der Waals surface area contributed by atoms with Gasteiger partial charge in [-0.25, -0.2) is 8.42 Å². The lowest BCUT2D eigenvalue weighted by Gasteiger charge is -2.09. The van der Waals surface area contributed by atoms with E-state index in [1.165, 1.54) is 18.4 Å². The van der Waals surface area contributed by atoms with Gasteiger partial charge in [-0.15, -0.1) is 0 Å². The van der Waals surface area contributed by atoms with Crippen molar-refractivity contribution in [1.82, 2.24) is 0 Å². The number of benzene rings is 2. The molecule has 2 aromatic rings. The number of hydrogen-bond donors (Lipinski definition) is 1. The molecule has 0 atom stereocenters. The van der Waals surface area contributed by atoms with Gasteiger partial charge in [0.2, 0.25) is 0 Å². The van der Waals surface area contributed by atoms with Gasteiger partial charge in [0.15, 0.2) is 9.84 Å². The summed E-state index contributed by atoms with van der Waals surface area (Å²) in [6.07, 6.45) is 1.17. The molecular formula is C14H14BrNO3S. The highest BCUT2D eigenvalue weighted by atomic mass is 79.9. The van der Waals surface area contributed by atoms with Gasteiger partial charge < -0.3 is 10.5 Å². The first-order chi connectivity index (χ1) is 9.36. The minimum absolute atomic E-state index is 0.271. The summed E-state index contributed by atoms with van der Waals surface area (Å²) < 4.78 is 29.2. The monoisotopic (exact) mass is 355 g/mol. The molecule has 0 saturated carbocycles. The molecule has 0 bridgehead atoms. The first-order valence-electron chi connectivity index (χ1n) is 5.83. The lowest BCUT2D eigenvalue weighted by molar-refractivity contribution is 0.306. The molecule has 0 amide bonds. The summed E-state index contributed by atoms with van der Waals surface area (Å²) in [7, 11) is -3.18. The average molecular weight is 356 g/mol. The zero-order valence-electron chi connectivity index (χ0n) is 10.8. The second-order valence-electron chi connectivity index (χ2n) is 4.38. The van der Waals surface area contributed by atoms with Crippen LogP contribution in [0.1, 0.15) is 5.56 Å². The normalized spacial score (nSPS) is 11.3. The van der Waals surface area contributed by atoms with E-state index >= 15 is 0 Å². The Morgan fingerprint density at radius 1 is 1.15 bits per heavy atom. The number of anilines is 1. The fraction of sp³-hybridized carbons (Fsp3) is 0.143. The van der Waals surface area contributed by atoms with E-state index in [1.807, 2.05) is 18.2 Å². The maximum absolute atomic E-state index is 11.3. The van der Waals surface area contributed by atoms with E-state index in [0.29, 0.717) is 18.0 Å². The first-order valence-corrected chi connectivity index (χ1v) is 8.51. The van der Waals surface area contributed by atoms with Crippen molar-refractivity contribution in [2.75, 3.05) is 12.0 Å². The summed E-state index contributed by atoms with van der Waals surface area (Å²) in [6, 6.07) is 11.9. The summed E-state index contributed by atoms with van der Waals surface area (Å²) in [6.45, 7) is 0.331. The van der Waals surface area contributed by atoms with Gasteiger partial charge in [-0.1, -0.05) is 22.0 Å². The minimum Gasteiger partial charge on any atom is -0.489 e. The fourth-order valence-corrected chi connectivity index (χ4v) is 2.65. The van der Waals surface area contributed by atoms with Crippen molar-refractivity contribution in [2.45, 2.75) is 11.5 Å². The van der Waals surface area contributed by atoms with Crippen LogP contribution in [0, 0.1) is 0 Å². The number of hydrogen-bond acceptors (Lipinski definition) is 4. The van der Waals surface area contributed by atoms with Crippen molar-refractivity contribution in [1.29, 1.82) is 0 Å². The molecule has 6 heteroatoms. The first kappa shape index (κ1) is 14.9. The van der Waals surface area contributed by atoms with Gasteiger partial charge in [0.25, 0.3) is 0 Å². The molecule has 2 rings (SSSR count). The maximum Gasteiger partial charge on any atom is 0.175 e. The number of halogens is 1. The number of nitrogens with two attached hydrogens (primary N) is 1. The lowest BCUT2D eigenvalue weighted by atomic mass is 10.2. The number of sulfone groups is 1. The largest absolute Gasteiger partial charge is 0.489 e. The Kier molecular flexibility index (Phi) is 4.35. The van der Waals surface area contributed by atoms with Crippen molar-refractivity contribution < 1.29 is 13.2 Å². The smallest absolute Gasteiger partial charge is 0.175 e. The molecule has 0 radical (unpaired) electrons. The van der Waals surface area contributed by atoms with Crippen LogP contribution in [0.2, 0.25) is 0 Å². The molecule has 0 heterocycles. The van der Waals surface area contributed by atoms with Gasteiger partial charge in [-0.3, -0.25) is 0 Å². The van der Waals surface area contributed by atoms with Gasteiger partial charge in [0.05, 0.1) is 4.90 Å². The molecule has 0 aliphatic heterocycles. The summed E-state index contributed by atoms with van der Waals surface area (Å²) in [5.41, 5.74) is 7.40. The number of ether oxygens (including phenoxy) is 1. The van der Waals surface area contributed by atoms with Gasteiger partial charge in [-0.05, 0) is 36.4 Å². The molecule has 20 heavy (non-hydrogen) atoms. The third-order valence-electron chi connectivity index (χ3n) is 2.75. The second-order valence-corrected chi connectivity index (χ2v) is 7.31. The quantitative estimate of drug-likeness (QED) is 0.855. The van der Waals surface area contributed by atoms with E-state index in [2.05, 4.69) is 15.9 Å². The Morgan fingerprint density at radius 3 is 2.35 bits per heavy atom. The van der Waals surface area contributed by atoms with E-state index in [4.69, 9.17) is 10.5 Å². The Labute approximate surface area is 126 Å². The van der Waals surface area contributed by atoms with Crippen molar-refractivity contribution in [3.63, 3.8) is 0 Å². The van der Waals surface area contributed by atoms with Crippen molar-refractivity contribution in [3.05, 3.63) is 52.5 Å². The molecule has 0 aliphatic rings. The van der Waals surface area contributed by atoms with Crippen molar-refractivity contribution in [2.24, 2.45) is 0 Å². The Morgan fingerprint density at radius 2 is 1.80 bits per heavy atom. The average Bonchev–Trinajstić information content (AvgIpc) is 2.37. The summed E-state index contributed by atoms with van der Waals surface area (Å²) >= 11 is 3.34. The van der Waals surface area contributed by atoms with Crippen LogP contribution in [0.15, 0.2) is 51.8 Å². The van der Waals surface area contributed by atoms with Gasteiger partial charge in [0.1, 0.15) is 12.4 Å². The topological polar surface area (TPSA) is 69.4 Å². The third-order valence-corrected chi connectivity index (χ3v) is 4.38. The number of nitrogen functional groups attached to an aromatic ring is 1. The van der Waals surface area contributed by atoms with Gasteiger partial charge >= 0.3 is 0 Å². The number of rotatable bonds is 4. The fourth-order valence-electron chi connectivity index (χ4n) is 1.64. The van der Waals surface area contributed by atoms with Gasteiger partial charge in [-0.2, -0.15) is 0 Å². The zero-order valence-corrected chi connectivity index (χ0v) is 13.2. The molecule has 2 aromatic carbocycles. The molecule has 0 aromatic heterocycles. The van der Waals surface area contributed by atoms with E-state index in [9.17, 15) is 8.42 Å². The Balaban J connectivity index is 2.08. The SMILES string of the molecule is CS(=O)(=O)c1ccc(OCc2ccc(Br)cc2N)cc1. The highest BCUT2D eigenvalue weighted by molar-refractivity contribution is 9.10. The molecular weight excluding hydrogens is 342 g/mol. The molecule has 0 fully saturated rings. The Bertz CT molecular complexity index is 712. The summed E-state index contributed by atoms with van der Waals surface area (Å²) in [5.74, 6) is 0.597. The van der Waals surface area contributed by atoms with E-state index in [-0.39, 0.29) is 4.90 Å². The van der Waals surface area contributed by atoms with Crippen LogP contribution in [-0.4, -0.2) is 14.7 Å². The molecule has 0 saturated heterocycles. The minimum atomic E-state index is -3.18. The lowest BCUT2D eigenvalue weighted by Crippen LogP contribution is -2.01. The van der Waals surface area contributed by atoms with E-state index < -0.39 is 9.84 Å². The van der Waals surface area contributed by atoms with Crippen molar-refractivity contribution >= 4 is 31.5 Å². The highest BCUT2D eigenvalue weighted by Crippen LogP contribution is 2.21. The maximum atomic E-state index is 11.3. The van der Waals surface area contributed by atoms with Crippen LogP contribution in [0.5, 0.6) is 5.75 Å². The Hall–Kier alpha value is -1.53. The van der Waals surface area contributed by atoms with Crippen LogP contribution in [0.25, 0.3) is 0 Å². The molecule has 106 valence electrons. The van der Waals surface area contributed by atoms with Crippen LogP contribution < -0.4 is 10.5 Å². The summed E-state index contributed by atoms with van der Waals surface area (Å²) in [4.78, 5) is 0.271. The molecule has 4 nitrogen and oxygen atoms in total. The predicted molar refractivity (Wildman–Crippen MR) is 82.4 cm³/mol. The molecule has 2 N–H and O–H groups in total. The van der Waals surface area contributed by atoms with Crippen molar-refractivity contribution in [3.8, 4) is 5.75 Å². The van der Waals surface area contributed by atoms with Gasteiger partial charge in [0, 0.05) is 22.0 Å². The molecule has 0 spiro atoms. The zero-order chi connectivity index (χ0) is 14.8. The second kappa shape index (κ2) is 5.85. The van der Waals surface area contributed by atoms with E-state index in [1.54, 1.807) is 12.1 Å². The summed E-state index contributed by atoms with van der Waals surface area (Å²) in [5, 5.41) is 0. The highest BCUT2D eigenvalue weighted by Gasteiger charge is 2.07. The molecule has 0 aliphatic carbocycles. The van der Waals surface area contributed by atoms with Crippen LogP contribution >= 0.6 is 15.9 Å². The van der Waals surface area contributed by atoms with Crippen LogP contribution in [0.4, 0.5) is 5.69 Å².